The fourth-order valence-electron chi connectivity index (χ4n) is 1.75. The number of hydrogen-bond acceptors (Lipinski definition) is 3. The number of anilines is 1. The first-order chi connectivity index (χ1) is 8.38. The summed E-state index contributed by atoms with van der Waals surface area (Å²) in [5.74, 6) is 0.712. The number of nitrogens with one attached hydrogen (secondary N) is 1. The van der Waals surface area contributed by atoms with E-state index in [-0.39, 0.29) is 0 Å². The minimum atomic E-state index is 0.624. The van der Waals surface area contributed by atoms with E-state index in [0.717, 1.165) is 13.0 Å². The Kier molecular flexibility index (Phi) is 6.81. The van der Waals surface area contributed by atoms with Gasteiger partial charge in [-0.1, -0.05) is 39.0 Å². The van der Waals surface area contributed by atoms with Crippen molar-refractivity contribution < 1.29 is 0 Å². The van der Waals surface area contributed by atoms with Crippen molar-refractivity contribution in [2.45, 2.75) is 45.4 Å². The molecule has 1 heterocycles. The molecule has 0 fully saturated rings. The number of aromatic nitrogens is 1. The monoisotopic (exact) mass is 231 g/mol. The molecule has 1 N–H and O–H groups in total. The SMILES string of the molecule is CCCCCCCCNc1ncccc1C#N. The third-order valence-electron chi connectivity index (χ3n) is 2.75. The molecule has 0 saturated heterocycles. The van der Waals surface area contributed by atoms with Gasteiger partial charge in [0.25, 0.3) is 0 Å². The lowest BCUT2D eigenvalue weighted by molar-refractivity contribution is 0.617. The van der Waals surface area contributed by atoms with Crippen LogP contribution in [-0.4, -0.2) is 11.5 Å². The van der Waals surface area contributed by atoms with Crippen LogP contribution in [0.1, 0.15) is 51.0 Å². The van der Waals surface area contributed by atoms with Gasteiger partial charge in [-0.15, -0.1) is 0 Å². The van der Waals surface area contributed by atoms with E-state index in [1.165, 1.54) is 32.1 Å². The Morgan fingerprint density at radius 3 is 2.76 bits per heavy atom. The van der Waals surface area contributed by atoms with Crippen LogP contribution in [0.3, 0.4) is 0 Å². The number of hydrogen-bond donors (Lipinski definition) is 1. The molecule has 3 nitrogen and oxygen atoms in total. The van der Waals surface area contributed by atoms with Crippen LogP contribution in [-0.2, 0) is 0 Å². The Bertz CT molecular complexity index is 355. The number of nitriles is 1. The lowest BCUT2D eigenvalue weighted by atomic mass is 10.1. The Morgan fingerprint density at radius 1 is 1.24 bits per heavy atom. The van der Waals surface area contributed by atoms with Crippen molar-refractivity contribution in [1.82, 2.24) is 4.98 Å². The summed E-state index contributed by atoms with van der Waals surface area (Å²) < 4.78 is 0. The molecule has 0 unspecified atom stereocenters. The van der Waals surface area contributed by atoms with Gasteiger partial charge in [-0.3, -0.25) is 0 Å². The van der Waals surface area contributed by atoms with Gasteiger partial charge in [-0.25, -0.2) is 4.98 Å². The summed E-state index contributed by atoms with van der Waals surface area (Å²) >= 11 is 0. The van der Waals surface area contributed by atoms with Crippen LogP contribution in [0.5, 0.6) is 0 Å². The molecule has 1 aromatic rings. The smallest absolute Gasteiger partial charge is 0.143 e. The molecule has 0 aromatic carbocycles. The highest BCUT2D eigenvalue weighted by molar-refractivity contribution is 5.50. The van der Waals surface area contributed by atoms with Gasteiger partial charge >= 0.3 is 0 Å². The van der Waals surface area contributed by atoms with E-state index in [1.807, 2.05) is 0 Å². The van der Waals surface area contributed by atoms with Crippen LogP contribution in [0.15, 0.2) is 18.3 Å². The van der Waals surface area contributed by atoms with Gasteiger partial charge in [0.15, 0.2) is 0 Å². The van der Waals surface area contributed by atoms with E-state index in [1.54, 1.807) is 18.3 Å². The third kappa shape index (κ3) is 5.35. The molecule has 1 rings (SSSR count). The minimum absolute atomic E-state index is 0.624. The molecule has 17 heavy (non-hydrogen) atoms. The largest absolute Gasteiger partial charge is 0.369 e. The maximum Gasteiger partial charge on any atom is 0.143 e. The summed E-state index contributed by atoms with van der Waals surface area (Å²) in [5, 5.41) is 12.1. The summed E-state index contributed by atoms with van der Waals surface area (Å²) in [7, 11) is 0. The van der Waals surface area contributed by atoms with Crippen molar-refractivity contribution in [3.8, 4) is 6.07 Å². The summed E-state index contributed by atoms with van der Waals surface area (Å²) in [6, 6.07) is 5.71. The Balaban J connectivity index is 2.16. The fourth-order valence-corrected chi connectivity index (χ4v) is 1.75. The van der Waals surface area contributed by atoms with E-state index < -0.39 is 0 Å². The summed E-state index contributed by atoms with van der Waals surface area (Å²) in [6.07, 6.45) is 9.38. The minimum Gasteiger partial charge on any atom is -0.369 e. The van der Waals surface area contributed by atoms with Crippen LogP contribution in [0.2, 0.25) is 0 Å². The van der Waals surface area contributed by atoms with Gasteiger partial charge in [0.2, 0.25) is 0 Å². The summed E-state index contributed by atoms with van der Waals surface area (Å²) in [6.45, 7) is 3.13. The number of nitrogens with zero attached hydrogens (tertiary/aromatic N) is 2. The molecule has 0 aliphatic rings. The fraction of sp³-hybridized carbons (Fsp3) is 0.571. The molecular weight excluding hydrogens is 210 g/mol. The normalized spacial score (nSPS) is 9.88. The second kappa shape index (κ2) is 8.58. The van der Waals surface area contributed by atoms with E-state index >= 15 is 0 Å². The van der Waals surface area contributed by atoms with Crippen LogP contribution in [0, 0.1) is 11.3 Å². The first kappa shape index (κ1) is 13.5. The maximum atomic E-state index is 8.89. The van der Waals surface area contributed by atoms with Crippen LogP contribution in [0.4, 0.5) is 5.82 Å². The quantitative estimate of drug-likeness (QED) is 0.693. The predicted molar refractivity (Wildman–Crippen MR) is 70.8 cm³/mol. The highest BCUT2D eigenvalue weighted by Gasteiger charge is 2.00. The summed E-state index contributed by atoms with van der Waals surface area (Å²) in [5.41, 5.74) is 0.624. The molecule has 0 spiro atoms. The standard InChI is InChI=1S/C14H21N3/c1-2-3-4-5-6-7-10-16-14-13(12-15)9-8-11-17-14/h8-9,11H,2-7,10H2,1H3,(H,16,17). The molecule has 0 aliphatic carbocycles. The third-order valence-corrected chi connectivity index (χ3v) is 2.75. The highest BCUT2D eigenvalue weighted by Crippen LogP contribution is 2.10. The highest BCUT2D eigenvalue weighted by atomic mass is 15.0. The van der Waals surface area contributed by atoms with Gasteiger partial charge in [0.1, 0.15) is 11.9 Å². The molecule has 0 amide bonds. The molecule has 0 bridgehead atoms. The van der Waals surface area contributed by atoms with Crippen molar-refractivity contribution in [3.63, 3.8) is 0 Å². The van der Waals surface area contributed by atoms with E-state index in [4.69, 9.17) is 5.26 Å². The van der Waals surface area contributed by atoms with Crippen molar-refractivity contribution in [2.75, 3.05) is 11.9 Å². The van der Waals surface area contributed by atoms with Crippen molar-refractivity contribution in [3.05, 3.63) is 23.9 Å². The van der Waals surface area contributed by atoms with Gasteiger partial charge in [-0.05, 0) is 18.6 Å². The lowest BCUT2D eigenvalue weighted by Crippen LogP contribution is -2.04. The second-order valence-corrected chi connectivity index (χ2v) is 4.21. The number of unbranched alkanes of at least 4 members (excludes halogenated alkanes) is 5. The van der Waals surface area contributed by atoms with E-state index in [0.29, 0.717) is 11.4 Å². The Morgan fingerprint density at radius 2 is 2.00 bits per heavy atom. The maximum absolute atomic E-state index is 8.89. The predicted octanol–water partition coefficient (Wildman–Crippen LogP) is 3.73. The Labute approximate surface area is 104 Å². The molecule has 92 valence electrons. The molecule has 1 aromatic heterocycles. The number of pyridine rings is 1. The van der Waals surface area contributed by atoms with Gasteiger partial charge in [-0.2, -0.15) is 5.26 Å². The zero-order valence-corrected chi connectivity index (χ0v) is 10.6. The summed E-state index contributed by atoms with van der Waals surface area (Å²) in [4.78, 5) is 4.16. The molecule has 0 atom stereocenters. The van der Waals surface area contributed by atoms with Crippen molar-refractivity contribution in [2.24, 2.45) is 0 Å². The van der Waals surface area contributed by atoms with E-state index in [2.05, 4.69) is 23.3 Å². The topological polar surface area (TPSA) is 48.7 Å². The molecule has 0 saturated carbocycles. The van der Waals surface area contributed by atoms with E-state index in [9.17, 15) is 0 Å². The average Bonchev–Trinajstić information content (AvgIpc) is 2.38. The van der Waals surface area contributed by atoms with Crippen LogP contribution >= 0.6 is 0 Å². The van der Waals surface area contributed by atoms with Gasteiger partial charge in [0, 0.05) is 12.7 Å². The van der Waals surface area contributed by atoms with Gasteiger partial charge in [0.05, 0.1) is 5.56 Å². The van der Waals surface area contributed by atoms with Crippen LogP contribution in [0.25, 0.3) is 0 Å². The van der Waals surface area contributed by atoms with Crippen LogP contribution < -0.4 is 5.32 Å². The Hall–Kier alpha value is -1.56. The molecular formula is C14H21N3. The average molecular weight is 231 g/mol. The molecule has 3 heteroatoms. The molecule has 0 radical (unpaired) electrons. The first-order valence-corrected chi connectivity index (χ1v) is 6.47. The zero-order valence-electron chi connectivity index (χ0n) is 10.6. The van der Waals surface area contributed by atoms with Crippen molar-refractivity contribution in [1.29, 1.82) is 5.26 Å². The second-order valence-electron chi connectivity index (χ2n) is 4.21. The van der Waals surface area contributed by atoms with Gasteiger partial charge < -0.3 is 5.32 Å². The lowest BCUT2D eigenvalue weighted by Gasteiger charge is -2.06. The zero-order chi connectivity index (χ0) is 12.3. The number of rotatable bonds is 8. The van der Waals surface area contributed by atoms with Crippen molar-refractivity contribution >= 4 is 5.82 Å². The first-order valence-electron chi connectivity index (χ1n) is 6.47. The molecule has 0 aliphatic heterocycles.